The molecule has 0 fully saturated rings. The molecule has 120 valence electrons. The number of benzene rings is 1. The van der Waals surface area contributed by atoms with Crippen LogP contribution in [-0.4, -0.2) is 24.4 Å². The van der Waals surface area contributed by atoms with E-state index >= 15 is 0 Å². The first-order chi connectivity index (χ1) is 10.4. The van der Waals surface area contributed by atoms with Crippen molar-refractivity contribution in [3.63, 3.8) is 0 Å². The van der Waals surface area contributed by atoms with Gasteiger partial charge in [-0.1, -0.05) is 25.1 Å². The van der Waals surface area contributed by atoms with Crippen molar-refractivity contribution in [2.24, 2.45) is 7.05 Å². The van der Waals surface area contributed by atoms with Crippen LogP contribution < -0.4 is 0 Å². The number of rotatable bonds is 2. The lowest BCUT2D eigenvalue weighted by molar-refractivity contribution is 0.301. The maximum atomic E-state index is 13.0. The highest BCUT2D eigenvalue weighted by molar-refractivity contribution is 7.84. The Balaban J connectivity index is 2.14. The van der Waals surface area contributed by atoms with E-state index in [1.54, 1.807) is 0 Å². The smallest absolute Gasteiger partial charge is 0.100 e. The van der Waals surface area contributed by atoms with E-state index in [1.807, 2.05) is 0 Å². The number of fused-ring (bicyclic) bond motifs is 3. The zero-order chi connectivity index (χ0) is 16.1. The van der Waals surface area contributed by atoms with Gasteiger partial charge < -0.3 is 4.57 Å². The zero-order valence-corrected chi connectivity index (χ0v) is 15.0. The van der Waals surface area contributed by atoms with Gasteiger partial charge in [-0.05, 0) is 45.2 Å². The second-order valence-corrected chi connectivity index (χ2v) is 9.31. The van der Waals surface area contributed by atoms with Gasteiger partial charge in [-0.15, -0.1) is 0 Å². The van der Waals surface area contributed by atoms with Crippen molar-refractivity contribution in [3.8, 4) is 0 Å². The van der Waals surface area contributed by atoms with E-state index in [4.69, 9.17) is 0 Å². The van der Waals surface area contributed by atoms with Crippen LogP contribution in [-0.2, 0) is 24.5 Å². The van der Waals surface area contributed by atoms with Crippen molar-refractivity contribution < 1.29 is 4.21 Å². The minimum absolute atomic E-state index is 0.213. The topological polar surface area (TPSA) is 25.2 Å². The largest absolute Gasteiger partial charge is 0.346 e. The molecule has 2 heterocycles. The average molecular weight is 318 g/mol. The predicted octanol–water partition coefficient (Wildman–Crippen LogP) is 3.95. The fourth-order valence-corrected chi connectivity index (χ4v) is 5.08. The monoisotopic (exact) mass is 318 g/mol. The summed E-state index contributed by atoms with van der Waals surface area (Å²) in [5.74, 6) is 0. The van der Waals surface area contributed by atoms with Crippen LogP contribution in [0.4, 0.5) is 0 Å². The fraction of sp³-hybridized carbons (Fsp3) is 0.556. The molecular weight excluding hydrogens is 292 g/mol. The minimum Gasteiger partial charge on any atom is -0.346 e. The molecule has 0 bridgehead atoms. The van der Waals surface area contributed by atoms with Crippen molar-refractivity contribution in [3.05, 3.63) is 35.5 Å². The summed E-state index contributed by atoms with van der Waals surface area (Å²) in [5.41, 5.74) is 4.09. The number of aryl methyl sites for hydroxylation is 1. The van der Waals surface area contributed by atoms with E-state index in [1.165, 1.54) is 22.2 Å². The van der Waals surface area contributed by atoms with Crippen LogP contribution in [0, 0.1) is 0 Å². The molecule has 0 aliphatic carbocycles. The number of para-hydroxylation sites is 1. The molecule has 1 aliphatic rings. The summed E-state index contributed by atoms with van der Waals surface area (Å²) < 4.78 is 17.3. The Morgan fingerprint density at radius 3 is 2.59 bits per heavy atom. The molecule has 4 heteroatoms. The summed E-state index contributed by atoms with van der Waals surface area (Å²) in [4.78, 5) is 0. The maximum Gasteiger partial charge on any atom is 0.100 e. The Morgan fingerprint density at radius 1 is 1.27 bits per heavy atom. The molecular formula is C18H26N2OS. The second-order valence-electron chi connectivity index (χ2n) is 7.12. The molecule has 1 aromatic carbocycles. The van der Waals surface area contributed by atoms with Gasteiger partial charge in [0.25, 0.3) is 0 Å². The van der Waals surface area contributed by atoms with Gasteiger partial charge in [0.1, 0.15) is 11.0 Å². The Kier molecular flexibility index (Phi) is 3.94. The maximum absolute atomic E-state index is 13.0. The van der Waals surface area contributed by atoms with Gasteiger partial charge in [-0.2, -0.15) is 0 Å². The average Bonchev–Trinajstić information content (AvgIpc) is 2.78. The van der Waals surface area contributed by atoms with Crippen molar-refractivity contribution >= 4 is 21.9 Å². The summed E-state index contributed by atoms with van der Waals surface area (Å²) in [7, 11) is 1.18. The van der Waals surface area contributed by atoms with Crippen LogP contribution in [0.2, 0.25) is 0 Å². The van der Waals surface area contributed by atoms with Gasteiger partial charge >= 0.3 is 0 Å². The van der Waals surface area contributed by atoms with Crippen molar-refractivity contribution in [1.29, 1.82) is 0 Å². The number of aromatic nitrogens is 1. The molecule has 0 amide bonds. The molecule has 22 heavy (non-hydrogen) atoms. The fourth-order valence-electron chi connectivity index (χ4n) is 3.64. The first kappa shape index (κ1) is 15.8. The summed E-state index contributed by atoms with van der Waals surface area (Å²) in [6, 6.07) is 8.85. The van der Waals surface area contributed by atoms with Gasteiger partial charge in [0, 0.05) is 30.2 Å². The predicted molar refractivity (Wildman–Crippen MR) is 94.3 cm³/mol. The molecule has 0 N–H and O–H groups in total. The Bertz CT molecular complexity index is 726. The van der Waals surface area contributed by atoms with Gasteiger partial charge in [0.05, 0.1) is 10.8 Å². The number of nitrogens with zero attached hydrogens (tertiary/aromatic N) is 2. The van der Waals surface area contributed by atoms with E-state index in [2.05, 4.69) is 67.9 Å². The molecule has 0 spiro atoms. The zero-order valence-electron chi connectivity index (χ0n) is 14.2. The van der Waals surface area contributed by atoms with Gasteiger partial charge in [0.15, 0.2) is 0 Å². The number of hydrogen-bond donors (Lipinski definition) is 0. The van der Waals surface area contributed by atoms with Crippen LogP contribution in [0.3, 0.4) is 0 Å². The van der Waals surface area contributed by atoms with E-state index in [0.717, 1.165) is 19.4 Å². The van der Waals surface area contributed by atoms with Gasteiger partial charge in [-0.25, -0.2) is 8.51 Å². The molecule has 2 aromatic rings. The molecule has 0 radical (unpaired) electrons. The van der Waals surface area contributed by atoms with Crippen LogP contribution >= 0.6 is 0 Å². The molecule has 3 nitrogen and oxygen atoms in total. The molecule has 0 saturated carbocycles. The third-order valence-corrected chi connectivity index (χ3v) is 6.54. The SMILES string of the molecule is CC[C@H]1c2c(c3ccccc3n2C)CCN1S(=O)C(C)(C)C. The van der Waals surface area contributed by atoms with Crippen molar-refractivity contribution in [1.82, 2.24) is 8.87 Å². The van der Waals surface area contributed by atoms with Crippen molar-refractivity contribution in [2.75, 3.05) is 6.54 Å². The van der Waals surface area contributed by atoms with Crippen LogP contribution in [0.5, 0.6) is 0 Å². The lowest BCUT2D eigenvalue weighted by Gasteiger charge is -2.38. The Hall–Kier alpha value is -1.13. The lowest BCUT2D eigenvalue weighted by Crippen LogP contribution is -2.43. The first-order valence-electron chi connectivity index (χ1n) is 8.11. The summed E-state index contributed by atoms with van der Waals surface area (Å²) in [5, 5.41) is 1.36. The van der Waals surface area contributed by atoms with E-state index in [9.17, 15) is 4.21 Å². The molecule has 0 saturated heterocycles. The Morgan fingerprint density at radius 2 is 1.95 bits per heavy atom. The molecule has 2 atom stereocenters. The van der Waals surface area contributed by atoms with Crippen molar-refractivity contribution in [2.45, 2.75) is 51.3 Å². The standard InChI is InChI=1S/C18H26N2OS/c1-6-15-17-14(11-12-20(15)22(21)18(2,3)4)13-9-7-8-10-16(13)19(17)5/h7-10,15H,6,11-12H2,1-5H3/t15-,22?/m0/s1. The van der Waals surface area contributed by atoms with E-state index in [0.29, 0.717) is 0 Å². The third kappa shape index (κ3) is 2.33. The second kappa shape index (κ2) is 5.50. The van der Waals surface area contributed by atoms with Crippen LogP contribution in [0.1, 0.15) is 51.4 Å². The minimum atomic E-state index is -0.971. The lowest BCUT2D eigenvalue weighted by atomic mass is 9.98. The number of hydrogen-bond acceptors (Lipinski definition) is 1. The molecule has 1 aromatic heterocycles. The van der Waals surface area contributed by atoms with Crippen LogP contribution in [0.25, 0.3) is 10.9 Å². The summed E-state index contributed by atoms with van der Waals surface area (Å²) in [6.07, 6.45) is 1.97. The highest BCUT2D eigenvalue weighted by Crippen LogP contribution is 2.40. The van der Waals surface area contributed by atoms with E-state index in [-0.39, 0.29) is 10.8 Å². The van der Waals surface area contributed by atoms with Gasteiger partial charge in [-0.3, -0.25) is 0 Å². The highest BCUT2D eigenvalue weighted by Gasteiger charge is 2.37. The van der Waals surface area contributed by atoms with E-state index < -0.39 is 11.0 Å². The highest BCUT2D eigenvalue weighted by atomic mass is 32.2. The quantitative estimate of drug-likeness (QED) is 0.823. The van der Waals surface area contributed by atoms with Gasteiger partial charge in [0.2, 0.25) is 0 Å². The molecule has 1 unspecified atom stereocenters. The summed E-state index contributed by atoms with van der Waals surface area (Å²) >= 11 is 0. The molecule has 1 aliphatic heterocycles. The normalized spacial score (nSPS) is 21.0. The molecule has 3 rings (SSSR count). The third-order valence-electron chi connectivity index (χ3n) is 4.63. The van der Waals surface area contributed by atoms with Crippen LogP contribution in [0.15, 0.2) is 24.3 Å². The Labute approximate surface area is 135 Å². The summed E-state index contributed by atoms with van der Waals surface area (Å²) in [6.45, 7) is 9.26. The first-order valence-corrected chi connectivity index (χ1v) is 9.21.